The second kappa shape index (κ2) is 9.21. The molecular formula is C26H22N10O. The molecule has 6 aromatic rings. The maximum absolute atomic E-state index is 12.2. The predicted octanol–water partition coefficient (Wildman–Crippen LogP) is 3.52. The summed E-state index contributed by atoms with van der Waals surface area (Å²) in [5.74, 6) is 0.486. The summed E-state index contributed by atoms with van der Waals surface area (Å²) in [5.41, 5.74) is 6.48. The lowest BCUT2D eigenvalue weighted by Gasteiger charge is -2.10. The highest BCUT2D eigenvalue weighted by molar-refractivity contribution is 5.97. The average molecular weight is 491 g/mol. The third-order valence-electron chi connectivity index (χ3n) is 5.76. The van der Waals surface area contributed by atoms with Gasteiger partial charge in [0.15, 0.2) is 5.82 Å². The van der Waals surface area contributed by atoms with Crippen LogP contribution in [0.15, 0.2) is 67.4 Å². The Hall–Kier alpha value is -5.03. The van der Waals surface area contributed by atoms with Gasteiger partial charge in [-0.05, 0) is 44.4 Å². The molecule has 0 unspecified atom stereocenters. The third-order valence-corrected chi connectivity index (χ3v) is 5.76. The largest absolute Gasteiger partial charge is 0.336 e. The second-order valence-corrected chi connectivity index (χ2v) is 8.79. The highest BCUT2D eigenvalue weighted by Gasteiger charge is 2.17. The zero-order chi connectivity index (χ0) is 25.4. The lowest BCUT2D eigenvalue weighted by atomic mass is 10.1. The number of carbonyl (C=O) groups excluding carboxylic acids is 1. The van der Waals surface area contributed by atoms with E-state index < -0.39 is 0 Å². The number of hydrogen-bond acceptors (Lipinski definition) is 8. The summed E-state index contributed by atoms with van der Waals surface area (Å²) >= 11 is 0. The number of nitrogens with one attached hydrogen (secondary N) is 3. The van der Waals surface area contributed by atoms with Crippen molar-refractivity contribution in [1.29, 1.82) is 0 Å². The van der Waals surface area contributed by atoms with E-state index in [9.17, 15) is 4.79 Å². The minimum atomic E-state index is -0.117. The maximum Gasteiger partial charge on any atom is 0.238 e. The van der Waals surface area contributed by atoms with Crippen LogP contribution in [-0.2, 0) is 4.79 Å². The first-order valence-corrected chi connectivity index (χ1v) is 11.6. The summed E-state index contributed by atoms with van der Waals surface area (Å²) in [6.07, 6.45) is 8.51. The van der Waals surface area contributed by atoms with Crippen molar-refractivity contribution in [2.75, 3.05) is 26.0 Å². The van der Waals surface area contributed by atoms with Crippen molar-refractivity contribution in [3.8, 4) is 34.2 Å². The molecule has 0 radical (unpaired) electrons. The Bertz CT molecular complexity index is 1740. The van der Waals surface area contributed by atoms with Crippen LogP contribution in [0.4, 0.5) is 5.69 Å². The molecule has 3 N–H and O–H groups in total. The molecular weight excluding hydrogens is 468 g/mol. The van der Waals surface area contributed by atoms with Crippen LogP contribution in [0.2, 0.25) is 0 Å². The number of fused-ring (bicyclic) bond motifs is 2. The molecule has 6 aromatic heterocycles. The molecule has 0 aromatic carbocycles. The van der Waals surface area contributed by atoms with E-state index in [1.54, 1.807) is 35.9 Å². The van der Waals surface area contributed by atoms with Crippen molar-refractivity contribution >= 4 is 33.5 Å². The Labute approximate surface area is 211 Å². The van der Waals surface area contributed by atoms with E-state index in [1.807, 2.05) is 50.5 Å². The summed E-state index contributed by atoms with van der Waals surface area (Å²) in [4.78, 5) is 40.0. The molecule has 0 spiro atoms. The fourth-order valence-corrected chi connectivity index (χ4v) is 4.13. The smallest absolute Gasteiger partial charge is 0.238 e. The molecule has 0 bridgehead atoms. The molecule has 6 rings (SSSR count). The van der Waals surface area contributed by atoms with E-state index in [4.69, 9.17) is 4.98 Å². The number of hydrogen-bond donors (Lipinski definition) is 3. The fraction of sp³-hybridized carbons (Fsp3) is 0.115. The monoisotopic (exact) mass is 490 g/mol. The molecule has 0 saturated heterocycles. The number of imidazole rings is 1. The van der Waals surface area contributed by atoms with Crippen molar-refractivity contribution in [1.82, 2.24) is 45.0 Å². The van der Waals surface area contributed by atoms with Crippen LogP contribution in [0, 0.1) is 0 Å². The normalized spacial score (nSPS) is 11.4. The molecule has 0 aliphatic carbocycles. The van der Waals surface area contributed by atoms with Crippen LogP contribution in [0.3, 0.4) is 0 Å². The van der Waals surface area contributed by atoms with Gasteiger partial charge in [0.1, 0.15) is 16.9 Å². The molecule has 182 valence electrons. The number of pyridine rings is 4. The summed E-state index contributed by atoms with van der Waals surface area (Å²) in [6.45, 7) is 0.280. The van der Waals surface area contributed by atoms with Gasteiger partial charge in [-0.25, -0.2) is 4.98 Å². The molecule has 0 saturated carbocycles. The minimum absolute atomic E-state index is 0.117. The van der Waals surface area contributed by atoms with Crippen molar-refractivity contribution in [3.63, 3.8) is 0 Å². The van der Waals surface area contributed by atoms with Gasteiger partial charge in [-0.3, -0.25) is 29.8 Å². The standard InChI is InChI=1S/C26H22N10O/c1-36(2)14-22(37)31-16-9-15(11-27-12-16)20-10-17-21(13-30-20)34-35-23(17)26-32-19-6-8-29-24(25(19)33-26)18-5-3-4-7-28-18/h3-13H,14H2,1-2H3,(H,31,37)(H,32,33)(H,34,35). The number of nitrogens with zero attached hydrogens (tertiary/aromatic N) is 7. The van der Waals surface area contributed by atoms with E-state index >= 15 is 0 Å². The van der Waals surface area contributed by atoms with Gasteiger partial charge < -0.3 is 15.2 Å². The minimum Gasteiger partial charge on any atom is -0.336 e. The molecule has 0 atom stereocenters. The van der Waals surface area contributed by atoms with Crippen molar-refractivity contribution in [3.05, 3.63) is 67.4 Å². The predicted molar refractivity (Wildman–Crippen MR) is 140 cm³/mol. The second-order valence-electron chi connectivity index (χ2n) is 8.79. The Morgan fingerprint density at radius 3 is 2.70 bits per heavy atom. The number of carbonyl (C=O) groups is 1. The number of H-pyrrole nitrogens is 2. The maximum atomic E-state index is 12.2. The number of aromatic nitrogens is 8. The van der Waals surface area contributed by atoms with Crippen LogP contribution in [0.25, 0.3) is 56.1 Å². The summed E-state index contributed by atoms with van der Waals surface area (Å²) in [7, 11) is 3.68. The van der Waals surface area contributed by atoms with E-state index in [0.29, 0.717) is 34.1 Å². The van der Waals surface area contributed by atoms with Gasteiger partial charge >= 0.3 is 0 Å². The lowest BCUT2D eigenvalue weighted by molar-refractivity contribution is -0.116. The van der Waals surface area contributed by atoms with Crippen LogP contribution in [-0.4, -0.2) is 71.5 Å². The van der Waals surface area contributed by atoms with E-state index in [1.165, 1.54) is 0 Å². The molecule has 11 nitrogen and oxygen atoms in total. The van der Waals surface area contributed by atoms with Crippen molar-refractivity contribution in [2.24, 2.45) is 0 Å². The molecule has 0 fully saturated rings. The summed E-state index contributed by atoms with van der Waals surface area (Å²) < 4.78 is 0. The van der Waals surface area contributed by atoms with Crippen LogP contribution < -0.4 is 5.32 Å². The number of rotatable bonds is 6. The van der Waals surface area contributed by atoms with Gasteiger partial charge in [-0.15, -0.1) is 0 Å². The van der Waals surface area contributed by atoms with Gasteiger partial charge in [0.05, 0.1) is 47.0 Å². The van der Waals surface area contributed by atoms with Gasteiger partial charge in [0.2, 0.25) is 5.91 Å². The van der Waals surface area contributed by atoms with Crippen molar-refractivity contribution < 1.29 is 4.79 Å². The molecule has 11 heteroatoms. The van der Waals surface area contributed by atoms with Gasteiger partial charge in [0.25, 0.3) is 0 Å². The molecule has 37 heavy (non-hydrogen) atoms. The Morgan fingerprint density at radius 1 is 0.946 bits per heavy atom. The topological polar surface area (TPSA) is 141 Å². The van der Waals surface area contributed by atoms with Crippen LogP contribution in [0.1, 0.15) is 0 Å². The van der Waals surface area contributed by atoms with Gasteiger partial charge in [0, 0.05) is 29.5 Å². The molecule has 0 aliphatic rings. The highest BCUT2D eigenvalue weighted by Crippen LogP contribution is 2.31. The first-order valence-electron chi connectivity index (χ1n) is 11.6. The number of amides is 1. The Kier molecular flexibility index (Phi) is 5.58. The SMILES string of the molecule is CN(C)CC(=O)Nc1cncc(-c2cc3c(-c4nc5c(-c6ccccn6)nccc5[nH]4)n[nH]c3cn2)c1. The fourth-order valence-electron chi connectivity index (χ4n) is 4.13. The van der Waals surface area contributed by atoms with E-state index in [0.717, 1.165) is 27.7 Å². The first kappa shape index (κ1) is 22.4. The average Bonchev–Trinajstić information content (AvgIpc) is 3.52. The number of likely N-dealkylation sites (N-methyl/N-ethyl adjacent to an activating group) is 1. The summed E-state index contributed by atoms with van der Waals surface area (Å²) in [5, 5.41) is 11.3. The lowest BCUT2D eigenvalue weighted by Crippen LogP contribution is -2.27. The molecule has 6 heterocycles. The highest BCUT2D eigenvalue weighted by atomic mass is 16.2. The van der Waals surface area contributed by atoms with Crippen LogP contribution >= 0.6 is 0 Å². The zero-order valence-corrected chi connectivity index (χ0v) is 20.1. The first-order chi connectivity index (χ1) is 18.0. The van der Waals surface area contributed by atoms with Gasteiger partial charge in [-0.2, -0.15) is 5.10 Å². The third kappa shape index (κ3) is 4.39. The van der Waals surface area contributed by atoms with Gasteiger partial charge in [-0.1, -0.05) is 6.07 Å². The van der Waals surface area contributed by atoms with E-state index in [-0.39, 0.29) is 12.5 Å². The molecule has 0 aliphatic heterocycles. The molecule has 1 amide bonds. The Morgan fingerprint density at radius 2 is 1.86 bits per heavy atom. The Balaban J connectivity index is 1.38. The quantitative estimate of drug-likeness (QED) is 0.322. The number of anilines is 1. The van der Waals surface area contributed by atoms with Crippen LogP contribution in [0.5, 0.6) is 0 Å². The zero-order valence-electron chi connectivity index (χ0n) is 20.1. The van der Waals surface area contributed by atoms with E-state index in [2.05, 4.69) is 40.4 Å². The number of aromatic amines is 2. The summed E-state index contributed by atoms with van der Waals surface area (Å²) in [6, 6.07) is 11.3. The van der Waals surface area contributed by atoms with Crippen molar-refractivity contribution in [2.45, 2.75) is 0 Å².